The highest BCUT2D eigenvalue weighted by molar-refractivity contribution is 7.85. The minimum atomic E-state index is -4.24. The van der Waals surface area contributed by atoms with Crippen molar-refractivity contribution in [2.75, 3.05) is 26.9 Å². The maximum atomic E-state index is 10.9. The van der Waals surface area contributed by atoms with E-state index in [9.17, 15) is 17.8 Å². The third-order valence-electron chi connectivity index (χ3n) is 2.99. The number of aliphatic carboxylic acids is 1. The number of carbonyl (C=O) groups is 1. The molecule has 0 amide bonds. The standard InChI is InChI=1S/C8H17NO5S.C7H7N/c1-9(2,3)7(8(10)11)5-4-6-15(12,13)14;1-2-7-5-3-4-6-8-7/h7H,4-6H2,1-3H3,(H-,10,11,12,13,14);2-6H,1H2. The molecule has 0 saturated heterocycles. The van der Waals surface area contributed by atoms with Crippen LogP contribution in [0.2, 0.25) is 0 Å². The lowest BCUT2D eigenvalue weighted by molar-refractivity contribution is -0.887. The van der Waals surface area contributed by atoms with Gasteiger partial charge in [0.2, 0.25) is 0 Å². The normalized spacial score (nSPS) is 12.7. The molecule has 0 aliphatic heterocycles. The van der Waals surface area contributed by atoms with Crippen molar-refractivity contribution >= 4 is 22.2 Å². The van der Waals surface area contributed by atoms with Crippen molar-refractivity contribution in [2.24, 2.45) is 0 Å². The molecule has 1 unspecified atom stereocenters. The van der Waals surface area contributed by atoms with Crippen LogP contribution in [0.5, 0.6) is 0 Å². The molecule has 1 aromatic rings. The van der Waals surface area contributed by atoms with Crippen LogP contribution in [-0.2, 0) is 14.9 Å². The van der Waals surface area contributed by atoms with Crippen LogP contribution in [0.25, 0.3) is 6.08 Å². The van der Waals surface area contributed by atoms with E-state index in [1.165, 1.54) is 0 Å². The Kier molecular flexibility index (Phi) is 8.66. The maximum absolute atomic E-state index is 10.9. The fraction of sp³-hybridized carbons (Fsp3) is 0.467. The average molecular weight is 344 g/mol. The van der Waals surface area contributed by atoms with E-state index in [-0.39, 0.29) is 17.3 Å². The minimum absolute atomic E-state index is 0.0817. The van der Waals surface area contributed by atoms with Crippen molar-refractivity contribution in [3.8, 4) is 0 Å². The topological polar surface area (TPSA) is 107 Å². The van der Waals surface area contributed by atoms with Gasteiger partial charge in [0.15, 0.2) is 6.04 Å². The van der Waals surface area contributed by atoms with Gasteiger partial charge < -0.3 is 14.1 Å². The van der Waals surface area contributed by atoms with Crippen molar-refractivity contribution in [3.05, 3.63) is 36.7 Å². The molecule has 0 aromatic carbocycles. The molecule has 1 atom stereocenters. The molecule has 0 aliphatic carbocycles. The Bertz CT molecular complexity index is 594. The zero-order valence-electron chi connectivity index (χ0n) is 13.7. The summed E-state index contributed by atoms with van der Waals surface area (Å²) in [5.41, 5.74) is 0.924. The zero-order valence-corrected chi connectivity index (χ0v) is 14.5. The molecule has 1 N–H and O–H groups in total. The summed E-state index contributed by atoms with van der Waals surface area (Å²) in [5.74, 6) is -1.48. The molecule has 7 nitrogen and oxygen atoms in total. The van der Waals surface area contributed by atoms with E-state index in [2.05, 4.69) is 11.6 Å². The van der Waals surface area contributed by atoms with E-state index < -0.39 is 27.9 Å². The molecule has 130 valence electrons. The van der Waals surface area contributed by atoms with Crippen LogP contribution in [0.1, 0.15) is 18.5 Å². The van der Waals surface area contributed by atoms with Gasteiger partial charge in [-0.1, -0.05) is 12.6 Å². The lowest BCUT2D eigenvalue weighted by atomic mass is 10.1. The third kappa shape index (κ3) is 10.6. The molecule has 0 saturated carbocycles. The number of likely N-dealkylation sites (N-methyl/N-ethyl adjacent to an activating group) is 1. The first-order valence-electron chi connectivity index (χ1n) is 6.98. The molecule has 23 heavy (non-hydrogen) atoms. The molecule has 1 heterocycles. The molecular weight excluding hydrogens is 320 g/mol. The van der Waals surface area contributed by atoms with E-state index >= 15 is 0 Å². The highest BCUT2D eigenvalue weighted by Crippen LogP contribution is 2.11. The summed E-state index contributed by atoms with van der Waals surface area (Å²) in [4.78, 5) is 14.8. The quantitative estimate of drug-likeness (QED) is 0.588. The summed E-state index contributed by atoms with van der Waals surface area (Å²) in [7, 11) is 0.897. The molecule has 0 spiro atoms. The number of rotatable bonds is 7. The van der Waals surface area contributed by atoms with Crippen LogP contribution in [0, 0.1) is 0 Å². The van der Waals surface area contributed by atoms with Gasteiger partial charge in [-0.2, -0.15) is 0 Å². The molecule has 1 rings (SSSR count). The van der Waals surface area contributed by atoms with Gasteiger partial charge in [0.05, 0.1) is 37.0 Å². The highest BCUT2D eigenvalue weighted by atomic mass is 32.2. The predicted molar refractivity (Wildman–Crippen MR) is 87.6 cm³/mol. The van der Waals surface area contributed by atoms with Crippen molar-refractivity contribution in [2.45, 2.75) is 18.9 Å². The Morgan fingerprint density at radius 3 is 2.35 bits per heavy atom. The second-order valence-corrected chi connectivity index (χ2v) is 7.36. The molecule has 1 aromatic heterocycles. The lowest BCUT2D eigenvalue weighted by Crippen LogP contribution is -2.49. The number of pyridine rings is 1. The Morgan fingerprint density at radius 2 is 2.04 bits per heavy atom. The smallest absolute Gasteiger partial charge is 0.362 e. The van der Waals surface area contributed by atoms with Gasteiger partial charge in [0.25, 0.3) is 0 Å². The summed E-state index contributed by atoms with van der Waals surface area (Å²) < 4.78 is 31.2. The zero-order chi connectivity index (χ0) is 18.1. The van der Waals surface area contributed by atoms with Crippen LogP contribution in [0.15, 0.2) is 31.0 Å². The number of hydrogen-bond acceptors (Lipinski definition) is 5. The van der Waals surface area contributed by atoms with Crippen molar-refractivity contribution in [3.63, 3.8) is 0 Å². The SMILES string of the molecule is C=Cc1ccccn1.C[N+](C)(C)C(CCCS(=O)(=O)[O-])C(=O)O. The lowest BCUT2D eigenvalue weighted by Gasteiger charge is -2.31. The summed E-state index contributed by atoms with van der Waals surface area (Å²) in [6.07, 6.45) is 3.73. The van der Waals surface area contributed by atoms with Gasteiger partial charge in [0.1, 0.15) is 0 Å². The maximum Gasteiger partial charge on any atom is 0.362 e. The van der Waals surface area contributed by atoms with Crippen LogP contribution < -0.4 is 0 Å². The summed E-state index contributed by atoms with van der Waals surface area (Å²) in [6.45, 7) is 3.57. The van der Waals surface area contributed by atoms with Gasteiger partial charge in [-0.05, 0) is 24.6 Å². The van der Waals surface area contributed by atoms with Gasteiger partial charge in [-0.3, -0.25) is 4.98 Å². The number of carboxylic acids is 1. The second kappa shape index (κ2) is 9.39. The summed E-state index contributed by atoms with van der Waals surface area (Å²) >= 11 is 0. The fourth-order valence-corrected chi connectivity index (χ4v) is 2.31. The Morgan fingerprint density at radius 1 is 1.43 bits per heavy atom. The first-order chi connectivity index (χ1) is 10.5. The summed E-state index contributed by atoms with van der Waals surface area (Å²) in [6, 6.07) is 5.04. The average Bonchev–Trinajstić information content (AvgIpc) is 2.42. The van der Waals surface area contributed by atoms with E-state index in [1.807, 2.05) is 18.2 Å². The minimum Gasteiger partial charge on any atom is -0.748 e. The van der Waals surface area contributed by atoms with Gasteiger partial charge in [-0.25, -0.2) is 13.2 Å². The van der Waals surface area contributed by atoms with E-state index in [0.29, 0.717) is 0 Å². The Balaban J connectivity index is 0.000000502. The first kappa shape index (κ1) is 21.2. The second-order valence-electron chi connectivity index (χ2n) is 5.83. The van der Waals surface area contributed by atoms with Gasteiger partial charge in [-0.15, -0.1) is 0 Å². The van der Waals surface area contributed by atoms with Gasteiger partial charge >= 0.3 is 5.97 Å². The van der Waals surface area contributed by atoms with E-state index in [1.54, 1.807) is 33.4 Å². The Labute approximate surface area is 137 Å². The first-order valence-corrected chi connectivity index (χ1v) is 8.56. The van der Waals surface area contributed by atoms with Crippen LogP contribution in [0.4, 0.5) is 0 Å². The van der Waals surface area contributed by atoms with Crippen LogP contribution in [-0.4, -0.2) is 66.5 Å². The number of aromatic nitrogens is 1. The number of quaternary nitrogens is 1. The van der Waals surface area contributed by atoms with E-state index in [0.717, 1.165) is 5.69 Å². The summed E-state index contributed by atoms with van der Waals surface area (Å²) in [5, 5.41) is 8.90. The molecule has 0 aliphatic rings. The number of hydrogen-bond donors (Lipinski definition) is 1. The fourth-order valence-electron chi connectivity index (χ4n) is 1.79. The van der Waals surface area contributed by atoms with Crippen molar-refractivity contribution in [1.82, 2.24) is 4.98 Å². The van der Waals surface area contributed by atoms with E-state index in [4.69, 9.17) is 5.11 Å². The molecule has 0 bridgehead atoms. The van der Waals surface area contributed by atoms with Crippen LogP contribution in [0.3, 0.4) is 0 Å². The molecular formula is C15H24N2O5S. The third-order valence-corrected chi connectivity index (χ3v) is 3.78. The van der Waals surface area contributed by atoms with Crippen LogP contribution >= 0.6 is 0 Å². The van der Waals surface area contributed by atoms with Crippen molar-refractivity contribution in [1.29, 1.82) is 0 Å². The van der Waals surface area contributed by atoms with Gasteiger partial charge in [0, 0.05) is 18.4 Å². The number of nitrogens with zero attached hydrogens (tertiary/aromatic N) is 2. The number of carboxylic acid groups (broad SMARTS) is 1. The Hall–Kier alpha value is -1.77. The molecule has 0 fully saturated rings. The molecule has 8 heteroatoms. The highest BCUT2D eigenvalue weighted by Gasteiger charge is 2.30. The monoisotopic (exact) mass is 344 g/mol. The van der Waals surface area contributed by atoms with Crippen molar-refractivity contribution < 1.29 is 27.4 Å². The predicted octanol–water partition coefficient (Wildman–Crippen LogP) is 1.20. The molecule has 0 radical (unpaired) electrons. The largest absolute Gasteiger partial charge is 0.748 e.